The van der Waals surface area contributed by atoms with Gasteiger partial charge in [-0.2, -0.15) is 0 Å². The smallest absolute Gasteiger partial charge is 0.271 e. The van der Waals surface area contributed by atoms with Gasteiger partial charge in [0.05, 0.1) is 16.4 Å². The molecule has 0 spiro atoms. The molecule has 0 aliphatic carbocycles. The molecule has 3 aromatic rings. The first-order chi connectivity index (χ1) is 13.4. The summed E-state index contributed by atoms with van der Waals surface area (Å²) >= 11 is 2.41. The number of nitro benzene ring substituents is 1. The van der Waals surface area contributed by atoms with Gasteiger partial charge >= 0.3 is 0 Å². The number of carbonyl (C=O) groups excluding carboxylic acids is 1. The van der Waals surface area contributed by atoms with Crippen LogP contribution >= 0.6 is 23.1 Å². The Hall–Kier alpha value is -3.05. The number of nitrogens with one attached hydrogen (secondary N) is 2. The summed E-state index contributed by atoms with van der Waals surface area (Å²) < 4.78 is 14.3. The summed E-state index contributed by atoms with van der Waals surface area (Å²) in [6.45, 7) is 1.98. The van der Waals surface area contributed by atoms with Crippen molar-refractivity contribution in [2.75, 3.05) is 16.4 Å². The number of non-ortho nitro benzene ring substituents is 1. The molecule has 1 heterocycles. The summed E-state index contributed by atoms with van der Waals surface area (Å²) in [6.07, 6.45) is 0. The highest BCUT2D eigenvalue weighted by Gasteiger charge is 2.14. The first-order valence-electron chi connectivity index (χ1n) is 7.94. The molecule has 0 fully saturated rings. The van der Waals surface area contributed by atoms with Crippen molar-refractivity contribution >= 4 is 51.2 Å². The van der Waals surface area contributed by atoms with Crippen molar-refractivity contribution in [2.24, 2.45) is 0 Å². The number of aryl methyl sites for hydroxylation is 1. The molecule has 1 aromatic heterocycles. The minimum absolute atomic E-state index is 0.0405. The fourth-order valence-corrected chi connectivity index (χ4v) is 3.77. The molecule has 28 heavy (non-hydrogen) atoms. The van der Waals surface area contributed by atoms with Gasteiger partial charge in [-0.05, 0) is 30.7 Å². The molecule has 8 nitrogen and oxygen atoms in total. The van der Waals surface area contributed by atoms with E-state index in [1.54, 1.807) is 0 Å². The molecule has 0 bridgehead atoms. The molecule has 0 atom stereocenters. The van der Waals surface area contributed by atoms with E-state index in [0.717, 1.165) is 41.2 Å². The Labute approximate surface area is 167 Å². The van der Waals surface area contributed by atoms with Crippen LogP contribution < -0.4 is 10.6 Å². The molecular formula is C17H14FN5O3S2. The Bertz CT molecular complexity index is 1030. The first-order valence-corrected chi connectivity index (χ1v) is 9.75. The van der Waals surface area contributed by atoms with Gasteiger partial charge in [0, 0.05) is 17.8 Å². The van der Waals surface area contributed by atoms with Crippen LogP contribution in [0, 0.1) is 22.9 Å². The molecule has 0 unspecified atom stereocenters. The molecule has 1 amide bonds. The maximum absolute atomic E-state index is 13.7. The van der Waals surface area contributed by atoms with Crippen LogP contribution in [0.25, 0.3) is 0 Å². The third-order valence-corrected chi connectivity index (χ3v) is 5.41. The number of benzene rings is 2. The Morgan fingerprint density at radius 3 is 2.86 bits per heavy atom. The van der Waals surface area contributed by atoms with Crippen LogP contribution in [-0.4, -0.2) is 26.8 Å². The number of halogens is 1. The van der Waals surface area contributed by atoms with Crippen molar-refractivity contribution in [3.63, 3.8) is 0 Å². The number of nitrogens with zero attached hydrogens (tertiary/aromatic N) is 3. The van der Waals surface area contributed by atoms with Gasteiger partial charge in [-0.3, -0.25) is 14.9 Å². The predicted molar refractivity (Wildman–Crippen MR) is 107 cm³/mol. The van der Waals surface area contributed by atoms with Gasteiger partial charge in [0.2, 0.25) is 11.0 Å². The minimum atomic E-state index is -0.746. The molecule has 0 aliphatic rings. The monoisotopic (exact) mass is 419 g/mol. The zero-order valence-corrected chi connectivity index (χ0v) is 16.1. The number of rotatable bonds is 7. The summed E-state index contributed by atoms with van der Waals surface area (Å²) in [5.74, 6) is -1.29. The lowest BCUT2D eigenvalue weighted by atomic mass is 10.2. The summed E-state index contributed by atoms with van der Waals surface area (Å²) in [5, 5.41) is 24.8. The van der Waals surface area contributed by atoms with Gasteiger partial charge in [0.25, 0.3) is 5.69 Å². The third kappa shape index (κ3) is 5.24. The average Bonchev–Trinajstić information content (AvgIpc) is 3.09. The predicted octanol–water partition coefficient (Wildman–Crippen LogP) is 4.37. The normalized spacial score (nSPS) is 10.5. The van der Waals surface area contributed by atoms with Gasteiger partial charge in [0.15, 0.2) is 4.34 Å². The number of anilines is 3. The highest BCUT2D eigenvalue weighted by Crippen LogP contribution is 2.28. The zero-order valence-electron chi connectivity index (χ0n) is 14.5. The SMILES string of the molecule is Cc1cccc(Nc2nnc(SCC(=O)Nc3cc([N+](=O)[O-])ccc3F)s2)c1. The molecule has 0 radical (unpaired) electrons. The largest absolute Gasteiger partial charge is 0.330 e. The van der Waals surface area contributed by atoms with Crippen LogP contribution in [0.2, 0.25) is 0 Å². The van der Waals surface area contributed by atoms with Gasteiger partial charge in [-0.25, -0.2) is 4.39 Å². The average molecular weight is 419 g/mol. The Kier molecular flexibility index (Phi) is 6.16. The number of aromatic nitrogens is 2. The molecule has 2 aromatic carbocycles. The number of nitro groups is 1. The Balaban J connectivity index is 1.56. The second kappa shape index (κ2) is 8.76. The van der Waals surface area contributed by atoms with E-state index >= 15 is 0 Å². The first kappa shape index (κ1) is 19.7. The van der Waals surface area contributed by atoms with Gasteiger partial charge in [-0.1, -0.05) is 35.2 Å². The standard InChI is InChI=1S/C17H14FN5O3S2/c1-10-3-2-4-11(7-10)19-16-21-22-17(28-16)27-9-15(24)20-14-8-12(23(25)26)5-6-13(14)18/h2-8H,9H2,1H3,(H,19,21)(H,20,24). The summed E-state index contributed by atoms with van der Waals surface area (Å²) in [4.78, 5) is 22.1. The molecule has 0 saturated carbocycles. The van der Waals surface area contributed by atoms with Crippen molar-refractivity contribution in [3.8, 4) is 0 Å². The molecular weight excluding hydrogens is 405 g/mol. The van der Waals surface area contributed by atoms with E-state index in [0.29, 0.717) is 9.47 Å². The van der Waals surface area contributed by atoms with Crippen molar-refractivity contribution in [1.29, 1.82) is 0 Å². The van der Waals surface area contributed by atoms with E-state index in [1.165, 1.54) is 11.3 Å². The lowest BCUT2D eigenvalue weighted by Gasteiger charge is -2.05. The van der Waals surface area contributed by atoms with Gasteiger partial charge in [0.1, 0.15) is 5.82 Å². The zero-order chi connectivity index (χ0) is 20.1. The van der Waals surface area contributed by atoms with Crippen LogP contribution in [0.3, 0.4) is 0 Å². The molecule has 0 aliphatic heterocycles. The fourth-order valence-electron chi connectivity index (χ4n) is 2.20. The van der Waals surface area contributed by atoms with Crippen LogP contribution in [-0.2, 0) is 4.79 Å². The number of hydrogen-bond acceptors (Lipinski definition) is 8. The maximum Gasteiger partial charge on any atom is 0.271 e. The number of hydrogen-bond donors (Lipinski definition) is 2. The van der Waals surface area contributed by atoms with Crippen LogP contribution in [0.1, 0.15) is 5.56 Å². The molecule has 11 heteroatoms. The van der Waals surface area contributed by atoms with Crippen molar-refractivity contribution in [3.05, 3.63) is 64.0 Å². The molecule has 0 saturated heterocycles. The quantitative estimate of drug-likeness (QED) is 0.332. The Morgan fingerprint density at radius 2 is 2.11 bits per heavy atom. The fraction of sp³-hybridized carbons (Fsp3) is 0.118. The summed E-state index contributed by atoms with van der Waals surface area (Å²) in [7, 11) is 0. The number of carbonyl (C=O) groups is 1. The van der Waals surface area contributed by atoms with Crippen LogP contribution in [0.4, 0.5) is 26.6 Å². The van der Waals surface area contributed by atoms with Crippen LogP contribution in [0.5, 0.6) is 0 Å². The molecule has 2 N–H and O–H groups in total. The summed E-state index contributed by atoms with van der Waals surface area (Å²) in [5.41, 5.74) is 1.44. The highest BCUT2D eigenvalue weighted by atomic mass is 32.2. The van der Waals surface area contributed by atoms with E-state index in [9.17, 15) is 19.3 Å². The minimum Gasteiger partial charge on any atom is -0.330 e. The summed E-state index contributed by atoms with van der Waals surface area (Å²) in [6, 6.07) is 10.7. The van der Waals surface area contributed by atoms with Crippen LogP contribution in [0.15, 0.2) is 46.8 Å². The maximum atomic E-state index is 13.7. The van der Waals surface area contributed by atoms with E-state index in [4.69, 9.17) is 0 Å². The van der Waals surface area contributed by atoms with E-state index in [2.05, 4.69) is 20.8 Å². The van der Waals surface area contributed by atoms with E-state index in [-0.39, 0.29) is 17.1 Å². The Morgan fingerprint density at radius 1 is 1.29 bits per heavy atom. The highest BCUT2D eigenvalue weighted by molar-refractivity contribution is 8.01. The van der Waals surface area contributed by atoms with E-state index in [1.807, 2.05) is 31.2 Å². The second-order valence-electron chi connectivity index (χ2n) is 5.63. The molecule has 144 valence electrons. The number of amides is 1. The van der Waals surface area contributed by atoms with Crippen molar-refractivity contribution in [1.82, 2.24) is 10.2 Å². The lowest BCUT2D eigenvalue weighted by Crippen LogP contribution is -2.15. The van der Waals surface area contributed by atoms with Gasteiger partial charge in [-0.15, -0.1) is 10.2 Å². The van der Waals surface area contributed by atoms with E-state index < -0.39 is 16.6 Å². The number of thioether (sulfide) groups is 1. The lowest BCUT2D eigenvalue weighted by molar-refractivity contribution is -0.384. The topological polar surface area (TPSA) is 110 Å². The second-order valence-corrected chi connectivity index (χ2v) is 7.83. The third-order valence-electron chi connectivity index (χ3n) is 3.44. The van der Waals surface area contributed by atoms with Gasteiger partial charge < -0.3 is 10.6 Å². The van der Waals surface area contributed by atoms with Crippen molar-refractivity contribution in [2.45, 2.75) is 11.3 Å². The molecule has 3 rings (SSSR count). The van der Waals surface area contributed by atoms with Crippen molar-refractivity contribution < 1.29 is 14.1 Å².